The molecule has 0 aliphatic rings. The first kappa shape index (κ1) is 31.9. The van der Waals surface area contributed by atoms with Crippen molar-refractivity contribution in [3.05, 3.63) is 34.9 Å². The van der Waals surface area contributed by atoms with Gasteiger partial charge in [-0.25, -0.2) is 4.79 Å². The molecule has 9 heteroatoms. The van der Waals surface area contributed by atoms with Gasteiger partial charge in [-0.15, -0.1) is 0 Å². The molecule has 4 amide bonds. The average molecular weight is 519 g/mol. The van der Waals surface area contributed by atoms with Crippen LogP contribution in [0.15, 0.2) is 18.2 Å². The van der Waals surface area contributed by atoms with E-state index in [1.165, 1.54) is 4.90 Å². The lowest BCUT2D eigenvalue weighted by atomic mass is 9.97. The van der Waals surface area contributed by atoms with E-state index >= 15 is 0 Å². The molecule has 2 atom stereocenters. The summed E-state index contributed by atoms with van der Waals surface area (Å²) in [5, 5.41) is 5.56. The molecule has 1 rings (SSSR count). The number of nitrogens with two attached hydrogens (primary N) is 1. The van der Waals surface area contributed by atoms with Gasteiger partial charge in [-0.1, -0.05) is 49.1 Å². The topological polar surface area (TPSA) is 131 Å². The summed E-state index contributed by atoms with van der Waals surface area (Å²) in [6.45, 7) is 15.1. The molecule has 1 aromatic rings. The molecule has 0 fully saturated rings. The maximum Gasteiger partial charge on any atom is 0.408 e. The molecule has 0 aliphatic heterocycles. The first-order chi connectivity index (χ1) is 17.1. The summed E-state index contributed by atoms with van der Waals surface area (Å²) >= 11 is 0. The molecule has 1 aromatic carbocycles. The monoisotopic (exact) mass is 518 g/mol. The standard InChI is InChI=1S/C28H46N4O5/c1-9-10-11-14-32(24(25(34)30-18(2)3)21-16-19(4)15-20(5)17-21)26(35)22(12-13-23(29)33)31-27(36)37-28(6,7)8/h15-18,22,24H,9-14H2,1-8H3,(H2,29,33)(H,30,34)(H,31,36). The van der Waals surface area contributed by atoms with Crippen LogP contribution in [-0.4, -0.2) is 52.9 Å². The highest BCUT2D eigenvalue weighted by Crippen LogP contribution is 2.26. The van der Waals surface area contributed by atoms with Gasteiger partial charge in [0.05, 0.1) is 0 Å². The van der Waals surface area contributed by atoms with Gasteiger partial charge in [-0.05, 0) is 66.9 Å². The molecule has 0 bridgehead atoms. The number of hydrogen-bond acceptors (Lipinski definition) is 5. The molecule has 0 aliphatic carbocycles. The lowest BCUT2D eigenvalue weighted by Gasteiger charge is -2.35. The lowest BCUT2D eigenvalue weighted by molar-refractivity contribution is -0.143. The number of alkyl carbamates (subject to hydrolysis) is 1. The molecule has 0 spiro atoms. The summed E-state index contributed by atoms with van der Waals surface area (Å²) in [4.78, 5) is 53.3. The summed E-state index contributed by atoms with van der Waals surface area (Å²) in [7, 11) is 0. The van der Waals surface area contributed by atoms with Crippen molar-refractivity contribution < 1.29 is 23.9 Å². The van der Waals surface area contributed by atoms with E-state index in [4.69, 9.17) is 10.5 Å². The first-order valence-electron chi connectivity index (χ1n) is 13.1. The van der Waals surface area contributed by atoms with E-state index in [0.717, 1.165) is 24.0 Å². The van der Waals surface area contributed by atoms with Crippen molar-refractivity contribution in [1.82, 2.24) is 15.5 Å². The molecule has 208 valence electrons. The van der Waals surface area contributed by atoms with Gasteiger partial charge in [-0.2, -0.15) is 0 Å². The van der Waals surface area contributed by atoms with Crippen molar-refractivity contribution in [2.45, 2.75) is 111 Å². The smallest absolute Gasteiger partial charge is 0.408 e. The van der Waals surface area contributed by atoms with Crippen LogP contribution in [0.2, 0.25) is 0 Å². The summed E-state index contributed by atoms with van der Waals surface area (Å²) in [5.41, 5.74) is 7.21. The molecular weight excluding hydrogens is 472 g/mol. The molecule has 0 aromatic heterocycles. The molecule has 2 unspecified atom stereocenters. The molecule has 37 heavy (non-hydrogen) atoms. The summed E-state index contributed by atoms with van der Waals surface area (Å²) in [6.07, 6.45) is 1.56. The number of unbranched alkanes of at least 4 members (excludes halogenated alkanes) is 2. The van der Waals surface area contributed by atoms with E-state index in [1.54, 1.807) is 20.8 Å². The van der Waals surface area contributed by atoms with Crippen LogP contribution in [0.3, 0.4) is 0 Å². The minimum absolute atomic E-state index is 0.0109. The third-order valence-corrected chi connectivity index (χ3v) is 5.50. The number of primary amides is 1. The second-order valence-electron chi connectivity index (χ2n) is 10.9. The van der Waals surface area contributed by atoms with Crippen LogP contribution in [0.25, 0.3) is 0 Å². The van der Waals surface area contributed by atoms with E-state index in [9.17, 15) is 19.2 Å². The lowest BCUT2D eigenvalue weighted by Crippen LogP contribution is -2.54. The van der Waals surface area contributed by atoms with Gasteiger partial charge in [0.15, 0.2) is 0 Å². The first-order valence-corrected chi connectivity index (χ1v) is 13.1. The Balaban J connectivity index is 3.55. The van der Waals surface area contributed by atoms with Gasteiger partial charge in [0.1, 0.15) is 17.7 Å². The predicted octanol–water partition coefficient (Wildman–Crippen LogP) is 4.05. The van der Waals surface area contributed by atoms with Crippen molar-refractivity contribution in [3.8, 4) is 0 Å². The van der Waals surface area contributed by atoms with E-state index in [2.05, 4.69) is 17.6 Å². The number of amides is 4. The van der Waals surface area contributed by atoms with Crippen molar-refractivity contribution >= 4 is 23.8 Å². The fourth-order valence-electron chi connectivity index (χ4n) is 4.10. The van der Waals surface area contributed by atoms with E-state index in [0.29, 0.717) is 18.5 Å². The maximum atomic E-state index is 14.0. The Morgan fingerprint density at radius 1 is 1.00 bits per heavy atom. The highest BCUT2D eigenvalue weighted by atomic mass is 16.6. The number of hydrogen-bond donors (Lipinski definition) is 3. The van der Waals surface area contributed by atoms with Gasteiger partial charge >= 0.3 is 6.09 Å². The molecule has 0 saturated heterocycles. The Hall–Kier alpha value is -3.10. The van der Waals surface area contributed by atoms with Crippen LogP contribution in [-0.2, 0) is 19.1 Å². The molecule has 4 N–H and O–H groups in total. The van der Waals surface area contributed by atoms with E-state index < -0.39 is 35.6 Å². The number of rotatable bonds is 13. The minimum Gasteiger partial charge on any atom is -0.444 e. The van der Waals surface area contributed by atoms with Crippen molar-refractivity contribution in [3.63, 3.8) is 0 Å². The summed E-state index contributed by atoms with van der Waals surface area (Å²) in [5.74, 6) is -1.37. The van der Waals surface area contributed by atoms with E-state index in [-0.39, 0.29) is 24.8 Å². The zero-order valence-electron chi connectivity index (χ0n) is 23.8. The van der Waals surface area contributed by atoms with Gasteiger partial charge in [0, 0.05) is 19.0 Å². The van der Waals surface area contributed by atoms with Crippen LogP contribution in [0.4, 0.5) is 4.79 Å². The normalized spacial score (nSPS) is 13.0. The Labute approximate surface area is 221 Å². The van der Waals surface area contributed by atoms with Crippen LogP contribution < -0.4 is 16.4 Å². The fourth-order valence-corrected chi connectivity index (χ4v) is 4.10. The number of carbonyl (C=O) groups excluding carboxylic acids is 4. The predicted molar refractivity (Wildman–Crippen MR) is 145 cm³/mol. The number of carbonyl (C=O) groups is 4. The highest BCUT2D eigenvalue weighted by Gasteiger charge is 2.36. The quantitative estimate of drug-likeness (QED) is 0.339. The summed E-state index contributed by atoms with van der Waals surface area (Å²) in [6, 6.07) is 3.66. The van der Waals surface area contributed by atoms with Gasteiger partial charge in [0.2, 0.25) is 17.7 Å². The van der Waals surface area contributed by atoms with Crippen LogP contribution in [0.1, 0.15) is 96.4 Å². The molecular formula is C28H46N4O5. The van der Waals surface area contributed by atoms with Crippen LogP contribution >= 0.6 is 0 Å². The molecule has 0 saturated carbocycles. The third-order valence-electron chi connectivity index (χ3n) is 5.50. The largest absolute Gasteiger partial charge is 0.444 e. The SMILES string of the molecule is CCCCCN(C(=O)C(CCC(N)=O)NC(=O)OC(C)(C)C)C(C(=O)NC(C)C)c1cc(C)cc(C)c1. The zero-order valence-corrected chi connectivity index (χ0v) is 23.8. The van der Waals surface area contributed by atoms with Crippen molar-refractivity contribution in [1.29, 1.82) is 0 Å². The Bertz CT molecular complexity index is 919. The van der Waals surface area contributed by atoms with Crippen molar-refractivity contribution in [2.24, 2.45) is 5.73 Å². The highest BCUT2D eigenvalue weighted by molar-refractivity contribution is 5.92. The van der Waals surface area contributed by atoms with E-state index in [1.807, 2.05) is 45.9 Å². The number of nitrogens with zero attached hydrogens (tertiary/aromatic N) is 1. The third kappa shape index (κ3) is 11.7. The molecule has 0 radical (unpaired) electrons. The Kier molecular flexibility index (Phi) is 12.6. The van der Waals surface area contributed by atoms with Crippen LogP contribution in [0.5, 0.6) is 0 Å². The summed E-state index contributed by atoms with van der Waals surface area (Å²) < 4.78 is 5.36. The minimum atomic E-state index is -1.09. The zero-order chi connectivity index (χ0) is 28.3. The number of ether oxygens (including phenoxy) is 1. The Morgan fingerprint density at radius 2 is 1.59 bits per heavy atom. The Morgan fingerprint density at radius 3 is 2.08 bits per heavy atom. The fraction of sp³-hybridized carbons (Fsp3) is 0.643. The average Bonchev–Trinajstić information content (AvgIpc) is 2.72. The van der Waals surface area contributed by atoms with Crippen LogP contribution in [0, 0.1) is 13.8 Å². The second kappa shape index (κ2) is 14.6. The number of benzene rings is 1. The number of aryl methyl sites for hydroxylation is 2. The maximum absolute atomic E-state index is 14.0. The van der Waals surface area contributed by atoms with Gasteiger partial charge < -0.3 is 26.0 Å². The van der Waals surface area contributed by atoms with Crippen molar-refractivity contribution in [2.75, 3.05) is 6.54 Å². The van der Waals surface area contributed by atoms with Gasteiger partial charge in [-0.3, -0.25) is 14.4 Å². The number of nitrogens with one attached hydrogen (secondary N) is 2. The molecule has 9 nitrogen and oxygen atoms in total. The second-order valence-corrected chi connectivity index (χ2v) is 10.9. The van der Waals surface area contributed by atoms with Gasteiger partial charge in [0.25, 0.3) is 0 Å². The molecule has 0 heterocycles.